The van der Waals surface area contributed by atoms with Crippen molar-refractivity contribution in [1.29, 1.82) is 0 Å². The maximum atomic E-state index is 13.9. The Balaban J connectivity index is 2.39. The van der Waals surface area contributed by atoms with Crippen LogP contribution in [-0.4, -0.2) is 95.4 Å². The van der Waals surface area contributed by atoms with Crippen molar-refractivity contribution in [3.05, 3.63) is 35.9 Å². The predicted octanol–water partition coefficient (Wildman–Crippen LogP) is 0.00220. The largest absolute Gasteiger partial charge is 0.394 e. The lowest BCUT2D eigenvalue weighted by Crippen LogP contribution is -2.63. The summed E-state index contributed by atoms with van der Waals surface area (Å²) in [6.45, 7) is 5.12. The highest BCUT2D eigenvalue weighted by Crippen LogP contribution is 2.14. The number of primary amides is 1. The second-order valence-electron chi connectivity index (χ2n) is 12.8. The third-order valence-corrected chi connectivity index (χ3v) is 8.29. The van der Waals surface area contributed by atoms with Crippen LogP contribution in [0.5, 0.6) is 0 Å². The SMILES string of the molecule is CCCCCCCC(=O)N(C(=O)[C@H](CO)NC(=O)[C@@H]1CCCN1)[C@@H](CN)C(=O)N[C@@H](Cc1ccccc1)C(=O)N[C@@H](CC(C)C)C(N)=O. The normalized spacial score (nSPS) is 16.8. The van der Waals surface area contributed by atoms with E-state index in [0.29, 0.717) is 29.8 Å². The molecular weight excluding hydrogens is 618 g/mol. The molecule has 0 saturated carbocycles. The summed E-state index contributed by atoms with van der Waals surface area (Å²) in [5, 5.41) is 20.9. The van der Waals surface area contributed by atoms with Crippen molar-refractivity contribution >= 4 is 35.4 Å². The maximum Gasteiger partial charge on any atom is 0.254 e. The van der Waals surface area contributed by atoms with E-state index in [2.05, 4.69) is 28.2 Å². The molecule has 6 amide bonds. The molecule has 268 valence electrons. The van der Waals surface area contributed by atoms with Gasteiger partial charge < -0.3 is 37.8 Å². The minimum absolute atomic E-state index is 0.0197. The van der Waals surface area contributed by atoms with Crippen LogP contribution in [0.15, 0.2) is 30.3 Å². The highest BCUT2D eigenvalue weighted by Gasteiger charge is 2.39. The second-order valence-corrected chi connectivity index (χ2v) is 12.8. The van der Waals surface area contributed by atoms with E-state index in [4.69, 9.17) is 11.5 Å². The Hall–Kier alpha value is -3.88. The van der Waals surface area contributed by atoms with Crippen LogP contribution in [0.1, 0.15) is 84.1 Å². The van der Waals surface area contributed by atoms with Crippen LogP contribution in [-0.2, 0) is 35.2 Å². The smallest absolute Gasteiger partial charge is 0.254 e. The molecule has 1 saturated heterocycles. The minimum atomic E-state index is -1.56. The fraction of sp³-hybridized carbons (Fsp3) is 0.647. The van der Waals surface area contributed by atoms with E-state index in [1.165, 1.54) is 0 Å². The van der Waals surface area contributed by atoms with E-state index in [1.54, 1.807) is 30.3 Å². The molecule has 0 aliphatic carbocycles. The summed E-state index contributed by atoms with van der Waals surface area (Å²) in [5.41, 5.74) is 12.3. The number of aliphatic hydroxyl groups is 1. The molecule has 1 aromatic rings. The van der Waals surface area contributed by atoms with Crippen molar-refractivity contribution < 1.29 is 33.9 Å². The van der Waals surface area contributed by atoms with Gasteiger partial charge in [0.15, 0.2) is 0 Å². The number of carbonyl (C=O) groups is 6. The van der Waals surface area contributed by atoms with Gasteiger partial charge in [-0.05, 0) is 43.7 Å². The molecule has 48 heavy (non-hydrogen) atoms. The lowest BCUT2D eigenvalue weighted by Gasteiger charge is -2.33. The van der Waals surface area contributed by atoms with Crippen molar-refractivity contribution in [2.75, 3.05) is 19.7 Å². The standard InChI is InChI=1S/C34H55N7O7/c1-4-5-6-7-11-16-29(43)41(34(48)27(21-42)40-31(45)24-15-12-17-37-24)28(20-35)33(47)39-26(19-23-13-9-8-10-14-23)32(46)38-25(30(36)44)18-22(2)3/h8-10,13-14,22,24-28,37,42H,4-7,11-12,15-21,35H2,1-3H3,(H2,36,44)(H,38,46)(H,39,47)(H,40,45)/t24-,25-,26-,27-,28-/m0/s1. The monoisotopic (exact) mass is 673 g/mol. The van der Waals surface area contributed by atoms with E-state index < -0.39 is 78.8 Å². The summed E-state index contributed by atoms with van der Waals surface area (Å²) in [6, 6.07) is 3.00. The Labute approximate surface area is 283 Å². The fourth-order valence-corrected chi connectivity index (χ4v) is 5.63. The Morgan fingerprint density at radius 3 is 2.17 bits per heavy atom. The Bertz CT molecular complexity index is 1210. The Morgan fingerprint density at radius 1 is 0.938 bits per heavy atom. The Kier molecular flexibility index (Phi) is 17.8. The molecule has 2 rings (SSSR count). The first-order valence-electron chi connectivity index (χ1n) is 17.1. The number of carbonyl (C=O) groups excluding carboxylic acids is 6. The summed E-state index contributed by atoms with van der Waals surface area (Å²) in [6.07, 6.45) is 5.59. The van der Waals surface area contributed by atoms with Gasteiger partial charge in [0.25, 0.3) is 5.91 Å². The molecule has 5 atom stereocenters. The van der Waals surface area contributed by atoms with Gasteiger partial charge in [-0.2, -0.15) is 0 Å². The lowest BCUT2D eigenvalue weighted by molar-refractivity contribution is -0.154. The average Bonchev–Trinajstić information content (AvgIpc) is 3.60. The number of aliphatic hydroxyl groups excluding tert-OH is 1. The third-order valence-electron chi connectivity index (χ3n) is 8.29. The number of hydrogen-bond donors (Lipinski definition) is 7. The number of nitrogens with zero attached hydrogens (tertiary/aromatic N) is 1. The van der Waals surface area contributed by atoms with Crippen molar-refractivity contribution in [3.63, 3.8) is 0 Å². The average molecular weight is 674 g/mol. The van der Waals surface area contributed by atoms with Crippen molar-refractivity contribution in [2.45, 2.75) is 115 Å². The highest BCUT2D eigenvalue weighted by atomic mass is 16.3. The van der Waals surface area contributed by atoms with E-state index >= 15 is 0 Å². The fourth-order valence-electron chi connectivity index (χ4n) is 5.63. The number of amides is 6. The molecule has 9 N–H and O–H groups in total. The van der Waals surface area contributed by atoms with Gasteiger partial charge in [0, 0.05) is 19.4 Å². The number of nitrogens with two attached hydrogens (primary N) is 2. The maximum absolute atomic E-state index is 13.9. The quantitative estimate of drug-likeness (QED) is 0.0871. The molecule has 1 aromatic carbocycles. The lowest BCUT2D eigenvalue weighted by atomic mass is 10.0. The predicted molar refractivity (Wildman–Crippen MR) is 181 cm³/mol. The van der Waals surface area contributed by atoms with Gasteiger partial charge in [-0.15, -0.1) is 0 Å². The van der Waals surface area contributed by atoms with Crippen LogP contribution in [0.25, 0.3) is 0 Å². The first-order chi connectivity index (χ1) is 22.9. The van der Waals surface area contributed by atoms with Crippen molar-refractivity contribution in [1.82, 2.24) is 26.2 Å². The van der Waals surface area contributed by atoms with Crippen LogP contribution in [0.4, 0.5) is 0 Å². The minimum Gasteiger partial charge on any atom is -0.394 e. The molecule has 14 heteroatoms. The molecule has 0 aromatic heterocycles. The number of hydrogen-bond acceptors (Lipinski definition) is 9. The summed E-state index contributed by atoms with van der Waals surface area (Å²) in [4.78, 5) is 80.7. The van der Waals surface area contributed by atoms with Gasteiger partial charge in [0.2, 0.25) is 29.5 Å². The first kappa shape index (κ1) is 40.3. The van der Waals surface area contributed by atoms with E-state index in [-0.39, 0.29) is 25.2 Å². The molecule has 0 unspecified atom stereocenters. The zero-order valence-corrected chi connectivity index (χ0v) is 28.5. The Morgan fingerprint density at radius 2 is 1.60 bits per heavy atom. The van der Waals surface area contributed by atoms with Crippen LogP contribution < -0.4 is 32.7 Å². The van der Waals surface area contributed by atoms with Crippen molar-refractivity contribution in [2.24, 2.45) is 17.4 Å². The van der Waals surface area contributed by atoms with Gasteiger partial charge in [-0.3, -0.25) is 33.7 Å². The number of rotatable bonds is 21. The molecule has 1 fully saturated rings. The molecule has 14 nitrogen and oxygen atoms in total. The molecule has 0 spiro atoms. The summed E-state index contributed by atoms with van der Waals surface area (Å²) in [5.74, 6) is -4.45. The van der Waals surface area contributed by atoms with Gasteiger partial charge in [-0.25, -0.2) is 0 Å². The van der Waals surface area contributed by atoms with Gasteiger partial charge in [0.05, 0.1) is 12.6 Å². The summed E-state index contributed by atoms with van der Waals surface area (Å²) < 4.78 is 0. The topological polar surface area (TPSA) is 226 Å². The number of benzene rings is 1. The van der Waals surface area contributed by atoms with E-state index in [1.807, 2.05) is 13.8 Å². The first-order valence-corrected chi connectivity index (χ1v) is 17.1. The highest BCUT2D eigenvalue weighted by molar-refractivity contribution is 6.04. The molecule has 1 heterocycles. The van der Waals surface area contributed by atoms with Gasteiger partial charge in [-0.1, -0.05) is 76.8 Å². The van der Waals surface area contributed by atoms with E-state index in [9.17, 15) is 33.9 Å². The molecule has 1 aliphatic heterocycles. The summed E-state index contributed by atoms with van der Waals surface area (Å²) in [7, 11) is 0. The van der Waals surface area contributed by atoms with E-state index in [0.717, 1.165) is 32.1 Å². The van der Waals surface area contributed by atoms with Gasteiger partial charge >= 0.3 is 0 Å². The number of imide groups is 1. The number of nitrogens with one attached hydrogen (secondary N) is 4. The van der Waals surface area contributed by atoms with Crippen LogP contribution in [0.2, 0.25) is 0 Å². The summed E-state index contributed by atoms with van der Waals surface area (Å²) >= 11 is 0. The van der Waals surface area contributed by atoms with Crippen LogP contribution >= 0.6 is 0 Å². The van der Waals surface area contributed by atoms with Crippen LogP contribution in [0, 0.1) is 5.92 Å². The molecule has 1 aliphatic rings. The van der Waals surface area contributed by atoms with Crippen molar-refractivity contribution in [3.8, 4) is 0 Å². The molecule has 0 radical (unpaired) electrons. The number of unbranched alkanes of at least 4 members (excludes halogenated alkanes) is 4. The third kappa shape index (κ3) is 13.0. The van der Waals surface area contributed by atoms with Gasteiger partial charge in [0.1, 0.15) is 24.2 Å². The zero-order valence-electron chi connectivity index (χ0n) is 28.5. The molecule has 0 bridgehead atoms. The van der Waals surface area contributed by atoms with Crippen LogP contribution in [0.3, 0.4) is 0 Å². The zero-order chi connectivity index (χ0) is 35.6. The molecular formula is C34H55N7O7. The second kappa shape index (κ2) is 21.2.